The Kier molecular flexibility index (Phi) is 3.05. The van der Waals surface area contributed by atoms with Crippen LogP contribution < -0.4 is 16.2 Å². The fourth-order valence-corrected chi connectivity index (χ4v) is 1.33. The van der Waals surface area contributed by atoms with Crippen LogP contribution in [0.5, 0.6) is 0 Å². The summed E-state index contributed by atoms with van der Waals surface area (Å²) in [5.41, 5.74) is 6.41. The van der Waals surface area contributed by atoms with Gasteiger partial charge in [0.15, 0.2) is 0 Å². The van der Waals surface area contributed by atoms with Gasteiger partial charge in [-0.2, -0.15) is 0 Å². The highest BCUT2D eigenvalue weighted by atomic mass is 16.1. The molecule has 4 heteroatoms. The highest BCUT2D eigenvalue weighted by Crippen LogP contribution is 2.37. The van der Waals surface area contributed by atoms with E-state index in [1.54, 1.807) is 6.92 Å². The lowest BCUT2D eigenvalue weighted by atomic mass is 10.2. The van der Waals surface area contributed by atoms with Crippen LogP contribution in [-0.4, -0.2) is 25.0 Å². The Morgan fingerprint density at radius 3 is 2.58 bits per heavy atom. The second-order valence-electron chi connectivity index (χ2n) is 3.39. The Morgan fingerprint density at radius 2 is 2.17 bits per heavy atom. The van der Waals surface area contributed by atoms with Crippen LogP contribution in [0.15, 0.2) is 0 Å². The van der Waals surface area contributed by atoms with Gasteiger partial charge in [0.2, 0.25) is 5.91 Å². The van der Waals surface area contributed by atoms with Crippen molar-refractivity contribution in [1.82, 2.24) is 16.2 Å². The average Bonchev–Trinajstić information content (AvgIpc) is 2.69. The Morgan fingerprint density at radius 1 is 1.50 bits per heavy atom. The van der Waals surface area contributed by atoms with Crippen molar-refractivity contribution in [2.75, 3.05) is 13.6 Å². The molecule has 3 N–H and O–H groups in total. The minimum absolute atomic E-state index is 0.0512. The van der Waals surface area contributed by atoms with Crippen molar-refractivity contribution in [2.45, 2.75) is 31.7 Å². The van der Waals surface area contributed by atoms with Gasteiger partial charge in [-0.25, -0.2) is 0 Å². The number of nitrogens with one attached hydrogen (secondary N) is 3. The molecular weight excluding hydrogens is 154 g/mol. The smallest absolute Gasteiger partial charge is 0.216 e. The maximum Gasteiger partial charge on any atom is 0.216 e. The maximum atomic E-state index is 10.6. The molecule has 0 radical (unpaired) electrons. The zero-order valence-electron chi connectivity index (χ0n) is 7.74. The van der Waals surface area contributed by atoms with E-state index < -0.39 is 0 Å². The Balaban J connectivity index is 2.09. The lowest BCUT2D eigenvalue weighted by Crippen LogP contribution is -2.42. The molecule has 1 aliphatic carbocycles. The molecule has 12 heavy (non-hydrogen) atoms. The van der Waals surface area contributed by atoms with Gasteiger partial charge in [0, 0.05) is 19.0 Å². The van der Waals surface area contributed by atoms with Gasteiger partial charge < -0.3 is 5.32 Å². The molecule has 1 fully saturated rings. The Bertz CT molecular complexity index is 166. The summed E-state index contributed by atoms with van der Waals surface area (Å²) in [5.74, 6) is 0.0512. The molecule has 1 rings (SSSR count). The lowest BCUT2D eigenvalue weighted by Gasteiger charge is -2.15. The highest BCUT2D eigenvalue weighted by Gasteiger charge is 2.41. The highest BCUT2D eigenvalue weighted by molar-refractivity contribution is 5.72. The van der Waals surface area contributed by atoms with Crippen LogP contribution in [0.25, 0.3) is 0 Å². The molecule has 0 heterocycles. The lowest BCUT2D eigenvalue weighted by molar-refractivity contribution is -0.118. The van der Waals surface area contributed by atoms with Gasteiger partial charge in [0.05, 0.1) is 0 Å². The molecular formula is C8H17N3O. The molecule has 1 amide bonds. The molecule has 0 aromatic heterocycles. The van der Waals surface area contributed by atoms with Crippen molar-refractivity contribution in [1.29, 1.82) is 0 Å². The number of hydrazine groups is 1. The molecule has 0 aromatic carbocycles. The van der Waals surface area contributed by atoms with Crippen molar-refractivity contribution >= 4 is 5.91 Å². The first kappa shape index (κ1) is 9.48. The summed E-state index contributed by atoms with van der Waals surface area (Å²) in [7, 11) is 1.87. The van der Waals surface area contributed by atoms with Crippen LogP contribution in [-0.2, 0) is 4.79 Å². The Labute approximate surface area is 73.1 Å². The first-order chi connectivity index (χ1) is 5.68. The van der Waals surface area contributed by atoms with Gasteiger partial charge in [-0.15, -0.1) is 0 Å². The zero-order valence-corrected chi connectivity index (χ0v) is 7.74. The maximum absolute atomic E-state index is 10.6. The van der Waals surface area contributed by atoms with E-state index in [0.717, 1.165) is 13.0 Å². The number of rotatable bonds is 5. The minimum Gasteiger partial charge on any atom is -0.356 e. The van der Waals surface area contributed by atoms with Crippen LogP contribution in [0.3, 0.4) is 0 Å². The number of carbonyl (C=O) groups excluding carboxylic acids is 1. The van der Waals surface area contributed by atoms with Crippen molar-refractivity contribution in [3.8, 4) is 0 Å². The molecule has 0 unspecified atom stereocenters. The van der Waals surface area contributed by atoms with E-state index in [1.165, 1.54) is 12.8 Å². The van der Waals surface area contributed by atoms with E-state index >= 15 is 0 Å². The summed E-state index contributed by atoms with van der Waals surface area (Å²) in [5, 5.41) is 2.79. The van der Waals surface area contributed by atoms with Crippen LogP contribution in [0.1, 0.15) is 26.2 Å². The van der Waals surface area contributed by atoms with Gasteiger partial charge in [-0.05, 0) is 26.3 Å². The fraction of sp³-hybridized carbons (Fsp3) is 0.875. The third kappa shape index (κ3) is 2.79. The summed E-state index contributed by atoms with van der Waals surface area (Å²) in [6.07, 6.45) is 3.41. The number of hydrogen-bond acceptors (Lipinski definition) is 3. The van der Waals surface area contributed by atoms with Gasteiger partial charge >= 0.3 is 0 Å². The van der Waals surface area contributed by atoms with E-state index in [4.69, 9.17) is 0 Å². The SMILES string of the molecule is CNNC1(CCNC(C)=O)CC1. The molecule has 4 nitrogen and oxygen atoms in total. The van der Waals surface area contributed by atoms with E-state index in [9.17, 15) is 4.79 Å². The standard InChI is InChI=1S/C8H17N3O/c1-7(12)10-6-5-8(3-4-8)11-9-2/h9,11H,3-6H2,1-2H3,(H,10,12). The predicted molar refractivity (Wildman–Crippen MR) is 47.5 cm³/mol. The summed E-state index contributed by atoms with van der Waals surface area (Å²) in [6.45, 7) is 2.31. The van der Waals surface area contributed by atoms with Gasteiger partial charge in [0.1, 0.15) is 0 Å². The summed E-state index contributed by atoms with van der Waals surface area (Å²) in [6, 6.07) is 0. The normalized spacial score (nSPS) is 18.8. The Hall–Kier alpha value is -0.610. The number of hydrogen-bond donors (Lipinski definition) is 3. The van der Waals surface area contributed by atoms with Gasteiger partial charge in [-0.3, -0.25) is 15.6 Å². The van der Waals surface area contributed by atoms with E-state index in [2.05, 4.69) is 16.2 Å². The second-order valence-corrected chi connectivity index (χ2v) is 3.39. The monoisotopic (exact) mass is 171 g/mol. The quantitative estimate of drug-likeness (QED) is 0.501. The van der Waals surface area contributed by atoms with Crippen LogP contribution in [0.2, 0.25) is 0 Å². The van der Waals surface area contributed by atoms with Crippen molar-refractivity contribution < 1.29 is 4.79 Å². The molecule has 70 valence electrons. The average molecular weight is 171 g/mol. The molecule has 0 aromatic rings. The van der Waals surface area contributed by atoms with E-state index in [-0.39, 0.29) is 11.4 Å². The van der Waals surface area contributed by atoms with Gasteiger partial charge in [-0.1, -0.05) is 0 Å². The van der Waals surface area contributed by atoms with Crippen molar-refractivity contribution in [3.63, 3.8) is 0 Å². The minimum atomic E-state index is 0.0512. The van der Waals surface area contributed by atoms with Crippen LogP contribution in [0.4, 0.5) is 0 Å². The molecule has 0 saturated heterocycles. The molecule has 0 atom stereocenters. The topological polar surface area (TPSA) is 53.2 Å². The third-order valence-electron chi connectivity index (χ3n) is 2.22. The van der Waals surface area contributed by atoms with E-state index in [0.29, 0.717) is 0 Å². The fourth-order valence-electron chi connectivity index (χ4n) is 1.33. The second kappa shape index (κ2) is 3.87. The van der Waals surface area contributed by atoms with E-state index in [1.807, 2.05) is 7.05 Å². The summed E-state index contributed by atoms with van der Waals surface area (Å²) < 4.78 is 0. The molecule has 1 saturated carbocycles. The van der Waals surface area contributed by atoms with Crippen molar-refractivity contribution in [3.05, 3.63) is 0 Å². The van der Waals surface area contributed by atoms with Crippen LogP contribution in [0, 0.1) is 0 Å². The molecule has 0 aliphatic heterocycles. The largest absolute Gasteiger partial charge is 0.356 e. The summed E-state index contributed by atoms with van der Waals surface area (Å²) in [4.78, 5) is 10.6. The zero-order chi connectivity index (χ0) is 9.03. The first-order valence-corrected chi connectivity index (χ1v) is 4.37. The van der Waals surface area contributed by atoms with Crippen molar-refractivity contribution in [2.24, 2.45) is 0 Å². The number of carbonyl (C=O) groups is 1. The predicted octanol–water partition coefficient (Wildman–Crippen LogP) is -0.231. The van der Waals surface area contributed by atoms with Crippen LogP contribution >= 0.6 is 0 Å². The number of amides is 1. The summed E-state index contributed by atoms with van der Waals surface area (Å²) >= 11 is 0. The third-order valence-corrected chi connectivity index (χ3v) is 2.22. The van der Waals surface area contributed by atoms with Gasteiger partial charge in [0.25, 0.3) is 0 Å². The molecule has 0 spiro atoms. The molecule has 1 aliphatic rings. The first-order valence-electron chi connectivity index (χ1n) is 4.37. The molecule has 0 bridgehead atoms.